The van der Waals surface area contributed by atoms with Crippen molar-refractivity contribution in [3.8, 4) is 17.6 Å². The lowest BCUT2D eigenvalue weighted by Gasteiger charge is -2.07. The molecule has 2 rings (SSSR count). The van der Waals surface area contributed by atoms with Crippen molar-refractivity contribution < 1.29 is 14.2 Å². The molecular formula is C17H16FNO2. The van der Waals surface area contributed by atoms with Gasteiger partial charge in [-0.25, -0.2) is 9.37 Å². The van der Waals surface area contributed by atoms with E-state index in [-0.39, 0.29) is 12.4 Å². The van der Waals surface area contributed by atoms with Gasteiger partial charge in [0, 0.05) is 24.3 Å². The number of halogens is 1. The molecule has 0 bridgehead atoms. The van der Waals surface area contributed by atoms with Gasteiger partial charge in [-0.15, -0.1) is 0 Å². The summed E-state index contributed by atoms with van der Waals surface area (Å²) < 4.78 is 18.7. The highest BCUT2D eigenvalue weighted by Crippen LogP contribution is 2.16. The topological polar surface area (TPSA) is 42.4 Å². The van der Waals surface area contributed by atoms with Crippen LogP contribution < -0.4 is 4.74 Å². The van der Waals surface area contributed by atoms with Crippen LogP contribution in [-0.4, -0.2) is 23.3 Å². The smallest absolute Gasteiger partial charge is 0.155 e. The first-order valence-corrected chi connectivity index (χ1v) is 6.68. The highest BCUT2D eigenvalue weighted by Gasteiger charge is 2.03. The molecule has 0 saturated carbocycles. The zero-order valence-electron chi connectivity index (χ0n) is 11.8. The van der Waals surface area contributed by atoms with E-state index < -0.39 is 0 Å². The van der Waals surface area contributed by atoms with Crippen molar-refractivity contribution in [2.24, 2.45) is 0 Å². The summed E-state index contributed by atoms with van der Waals surface area (Å²) >= 11 is 0. The number of rotatable bonds is 4. The molecule has 2 aromatic rings. The fraction of sp³-hybridized carbons (Fsp3) is 0.235. The summed E-state index contributed by atoms with van der Waals surface area (Å²) in [6.45, 7) is 2.34. The Labute approximate surface area is 123 Å². The first kappa shape index (κ1) is 15.0. The standard InChI is InChI=1S/C17H16FNO2/c1-13-6-9-17(21-11-3-10-20)16(19-13)8-7-14-4-2-5-15(18)12-14/h2,4-6,9,12,20H,3,10-11H2,1H3. The zero-order chi connectivity index (χ0) is 15.1. The van der Waals surface area contributed by atoms with Gasteiger partial charge in [0.1, 0.15) is 5.82 Å². The minimum atomic E-state index is -0.321. The van der Waals surface area contributed by atoms with Crippen molar-refractivity contribution in [1.29, 1.82) is 0 Å². The van der Waals surface area contributed by atoms with Crippen LogP contribution in [0, 0.1) is 24.6 Å². The predicted octanol–water partition coefficient (Wildman–Crippen LogP) is 2.69. The van der Waals surface area contributed by atoms with E-state index in [9.17, 15) is 4.39 Å². The van der Waals surface area contributed by atoms with Gasteiger partial charge in [-0.05, 0) is 43.2 Å². The molecule has 0 aliphatic heterocycles. The second-order valence-electron chi connectivity index (χ2n) is 4.49. The van der Waals surface area contributed by atoms with Gasteiger partial charge in [0.2, 0.25) is 0 Å². The van der Waals surface area contributed by atoms with Crippen molar-refractivity contribution in [3.05, 3.63) is 59.2 Å². The van der Waals surface area contributed by atoms with Crippen LogP contribution >= 0.6 is 0 Å². The van der Waals surface area contributed by atoms with Crippen LogP contribution in [0.1, 0.15) is 23.4 Å². The van der Waals surface area contributed by atoms with Crippen LogP contribution in [0.2, 0.25) is 0 Å². The minimum absolute atomic E-state index is 0.0730. The number of aromatic nitrogens is 1. The summed E-state index contributed by atoms with van der Waals surface area (Å²) in [6, 6.07) is 9.73. The van der Waals surface area contributed by atoms with Crippen molar-refractivity contribution >= 4 is 0 Å². The van der Waals surface area contributed by atoms with E-state index in [2.05, 4.69) is 16.8 Å². The van der Waals surface area contributed by atoms with E-state index in [0.717, 1.165) is 5.69 Å². The number of nitrogens with zero attached hydrogens (tertiary/aromatic N) is 1. The van der Waals surface area contributed by atoms with Gasteiger partial charge in [-0.3, -0.25) is 0 Å². The van der Waals surface area contributed by atoms with E-state index in [1.807, 2.05) is 13.0 Å². The molecule has 108 valence electrons. The lowest BCUT2D eigenvalue weighted by atomic mass is 10.2. The molecule has 0 atom stereocenters. The summed E-state index contributed by atoms with van der Waals surface area (Å²) in [5.74, 6) is 6.03. The highest BCUT2D eigenvalue weighted by atomic mass is 19.1. The van der Waals surface area contributed by atoms with E-state index >= 15 is 0 Å². The number of hydrogen-bond donors (Lipinski definition) is 1. The number of aliphatic hydroxyl groups excluding tert-OH is 1. The quantitative estimate of drug-likeness (QED) is 0.693. The maximum Gasteiger partial charge on any atom is 0.155 e. The van der Waals surface area contributed by atoms with Crippen molar-refractivity contribution in [2.45, 2.75) is 13.3 Å². The maximum absolute atomic E-state index is 13.1. The van der Waals surface area contributed by atoms with E-state index in [0.29, 0.717) is 30.0 Å². The fourth-order valence-corrected chi connectivity index (χ4v) is 1.69. The number of aliphatic hydroxyl groups is 1. The van der Waals surface area contributed by atoms with Gasteiger partial charge < -0.3 is 9.84 Å². The summed E-state index contributed by atoms with van der Waals surface area (Å²) in [7, 11) is 0. The number of pyridine rings is 1. The molecule has 0 radical (unpaired) electrons. The maximum atomic E-state index is 13.1. The van der Waals surface area contributed by atoms with Gasteiger partial charge in [0.05, 0.1) is 6.61 Å². The fourth-order valence-electron chi connectivity index (χ4n) is 1.69. The number of aryl methyl sites for hydroxylation is 1. The molecule has 21 heavy (non-hydrogen) atoms. The monoisotopic (exact) mass is 285 g/mol. The van der Waals surface area contributed by atoms with Gasteiger partial charge in [0.15, 0.2) is 11.4 Å². The second-order valence-corrected chi connectivity index (χ2v) is 4.49. The summed E-state index contributed by atoms with van der Waals surface area (Å²) in [4.78, 5) is 4.33. The zero-order valence-corrected chi connectivity index (χ0v) is 11.8. The molecule has 4 heteroatoms. The number of benzene rings is 1. The molecule has 1 aromatic heterocycles. The third-order valence-electron chi connectivity index (χ3n) is 2.71. The Morgan fingerprint density at radius 1 is 1.24 bits per heavy atom. The van der Waals surface area contributed by atoms with E-state index in [4.69, 9.17) is 9.84 Å². The van der Waals surface area contributed by atoms with Crippen LogP contribution in [0.25, 0.3) is 0 Å². The molecule has 0 spiro atoms. The molecule has 1 aromatic carbocycles. The molecule has 0 unspecified atom stereocenters. The normalized spacial score (nSPS) is 9.86. The van der Waals surface area contributed by atoms with Crippen molar-refractivity contribution in [3.63, 3.8) is 0 Å². The molecular weight excluding hydrogens is 269 g/mol. The van der Waals surface area contributed by atoms with E-state index in [1.54, 1.807) is 18.2 Å². The average Bonchev–Trinajstić information content (AvgIpc) is 2.47. The predicted molar refractivity (Wildman–Crippen MR) is 78.6 cm³/mol. The lowest BCUT2D eigenvalue weighted by molar-refractivity contribution is 0.233. The van der Waals surface area contributed by atoms with Crippen LogP contribution in [-0.2, 0) is 0 Å². The molecule has 0 aliphatic rings. The van der Waals surface area contributed by atoms with Gasteiger partial charge in [0.25, 0.3) is 0 Å². The van der Waals surface area contributed by atoms with Crippen LogP contribution in [0.15, 0.2) is 36.4 Å². The van der Waals surface area contributed by atoms with Gasteiger partial charge >= 0.3 is 0 Å². The molecule has 0 fully saturated rings. The first-order valence-electron chi connectivity index (χ1n) is 6.68. The SMILES string of the molecule is Cc1ccc(OCCCO)c(C#Cc2cccc(F)c2)n1. The lowest BCUT2D eigenvalue weighted by Crippen LogP contribution is -2.02. The highest BCUT2D eigenvalue weighted by molar-refractivity contribution is 5.46. The molecule has 3 nitrogen and oxygen atoms in total. The van der Waals surface area contributed by atoms with Crippen molar-refractivity contribution in [2.75, 3.05) is 13.2 Å². The van der Waals surface area contributed by atoms with Crippen LogP contribution in [0.5, 0.6) is 5.75 Å². The summed E-state index contributed by atoms with van der Waals surface area (Å²) in [6.07, 6.45) is 0.546. The molecule has 0 saturated heterocycles. The molecule has 1 N–H and O–H groups in total. The Bertz CT molecular complexity index is 674. The number of ether oxygens (including phenoxy) is 1. The molecule has 0 amide bonds. The minimum Gasteiger partial charge on any atom is -0.491 e. The largest absolute Gasteiger partial charge is 0.491 e. The Balaban J connectivity index is 2.24. The summed E-state index contributed by atoms with van der Waals surface area (Å²) in [5.41, 5.74) is 1.92. The molecule has 0 aliphatic carbocycles. The van der Waals surface area contributed by atoms with Crippen LogP contribution in [0.3, 0.4) is 0 Å². The molecule has 1 heterocycles. The third kappa shape index (κ3) is 4.59. The Hall–Kier alpha value is -2.38. The Morgan fingerprint density at radius 3 is 2.86 bits per heavy atom. The second kappa shape index (κ2) is 7.41. The van der Waals surface area contributed by atoms with Gasteiger partial charge in [-0.1, -0.05) is 12.0 Å². The Morgan fingerprint density at radius 2 is 2.10 bits per heavy atom. The first-order chi connectivity index (χ1) is 10.2. The Kier molecular flexibility index (Phi) is 5.30. The van der Waals surface area contributed by atoms with Crippen LogP contribution in [0.4, 0.5) is 4.39 Å². The van der Waals surface area contributed by atoms with E-state index in [1.165, 1.54) is 12.1 Å². The average molecular weight is 285 g/mol. The number of hydrogen-bond acceptors (Lipinski definition) is 3. The third-order valence-corrected chi connectivity index (χ3v) is 2.71. The van der Waals surface area contributed by atoms with Crippen molar-refractivity contribution in [1.82, 2.24) is 4.98 Å². The summed E-state index contributed by atoms with van der Waals surface area (Å²) in [5, 5.41) is 8.78. The van der Waals surface area contributed by atoms with Gasteiger partial charge in [-0.2, -0.15) is 0 Å².